The van der Waals surface area contributed by atoms with Gasteiger partial charge in [0.25, 0.3) is 0 Å². The number of likely N-dealkylation sites (tertiary alicyclic amines) is 1. The van der Waals surface area contributed by atoms with Crippen molar-refractivity contribution in [3.8, 4) is 5.75 Å². The number of sulfonamides is 1. The molecule has 0 aromatic heterocycles. The van der Waals surface area contributed by atoms with Gasteiger partial charge in [0, 0.05) is 13.6 Å². The SMILES string of the molecule is COc1ccc(C(CNC(=O)CN(C)S(=O)(=O)c2ccc(C)c(C)c2)N2CCCC2)cc1. The summed E-state index contributed by atoms with van der Waals surface area (Å²) in [4.78, 5) is 15.2. The predicted molar refractivity (Wildman–Crippen MR) is 125 cm³/mol. The zero-order chi connectivity index (χ0) is 23.3. The first-order chi connectivity index (χ1) is 15.2. The van der Waals surface area contributed by atoms with E-state index in [9.17, 15) is 13.2 Å². The highest BCUT2D eigenvalue weighted by molar-refractivity contribution is 7.89. The van der Waals surface area contributed by atoms with Crippen LogP contribution in [0, 0.1) is 13.8 Å². The molecule has 7 nitrogen and oxygen atoms in total. The third-order valence-corrected chi connectivity index (χ3v) is 7.93. The Morgan fingerprint density at radius 3 is 2.34 bits per heavy atom. The Bertz CT molecular complexity index is 1030. The molecule has 1 fully saturated rings. The van der Waals surface area contributed by atoms with Crippen LogP contribution in [0.4, 0.5) is 0 Å². The number of amides is 1. The Kier molecular flexibility index (Phi) is 7.92. The number of hydrogen-bond donors (Lipinski definition) is 1. The average molecular weight is 460 g/mol. The minimum absolute atomic E-state index is 0.0361. The molecule has 8 heteroatoms. The van der Waals surface area contributed by atoms with E-state index in [-0.39, 0.29) is 23.4 Å². The van der Waals surface area contributed by atoms with Crippen LogP contribution in [0.2, 0.25) is 0 Å². The summed E-state index contributed by atoms with van der Waals surface area (Å²) in [6, 6.07) is 12.9. The summed E-state index contributed by atoms with van der Waals surface area (Å²) < 4.78 is 32.1. The fraction of sp³-hybridized carbons (Fsp3) is 0.458. The lowest BCUT2D eigenvalue weighted by Crippen LogP contribution is -2.42. The van der Waals surface area contributed by atoms with Gasteiger partial charge in [0.2, 0.25) is 15.9 Å². The van der Waals surface area contributed by atoms with Gasteiger partial charge in [-0.05, 0) is 80.7 Å². The van der Waals surface area contributed by atoms with Crippen LogP contribution in [0.15, 0.2) is 47.4 Å². The van der Waals surface area contributed by atoms with Crippen LogP contribution in [0.3, 0.4) is 0 Å². The highest BCUT2D eigenvalue weighted by Gasteiger charge is 2.26. The molecular formula is C24H33N3O4S. The van der Waals surface area contributed by atoms with Gasteiger partial charge in [-0.25, -0.2) is 8.42 Å². The summed E-state index contributed by atoms with van der Waals surface area (Å²) in [6.07, 6.45) is 2.27. The second-order valence-corrected chi connectivity index (χ2v) is 10.4. The van der Waals surface area contributed by atoms with Gasteiger partial charge in [0.1, 0.15) is 5.75 Å². The predicted octanol–water partition coefficient (Wildman–Crippen LogP) is 2.89. The lowest BCUT2D eigenvalue weighted by atomic mass is 10.1. The summed E-state index contributed by atoms with van der Waals surface area (Å²) in [7, 11) is -0.669. The maximum atomic E-state index is 12.9. The van der Waals surface area contributed by atoms with Crippen molar-refractivity contribution in [1.29, 1.82) is 0 Å². The lowest BCUT2D eigenvalue weighted by Gasteiger charge is -2.28. The Morgan fingerprint density at radius 2 is 1.75 bits per heavy atom. The summed E-state index contributed by atoms with van der Waals surface area (Å²) in [6.45, 7) is 5.95. The highest BCUT2D eigenvalue weighted by atomic mass is 32.2. The summed E-state index contributed by atoms with van der Waals surface area (Å²) in [5.74, 6) is 0.466. The van der Waals surface area contributed by atoms with E-state index >= 15 is 0 Å². The van der Waals surface area contributed by atoms with Crippen molar-refractivity contribution < 1.29 is 17.9 Å². The van der Waals surface area contributed by atoms with Crippen LogP contribution in [-0.2, 0) is 14.8 Å². The maximum Gasteiger partial charge on any atom is 0.243 e. The molecule has 1 atom stereocenters. The summed E-state index contributed by atoms with van der Waals surface area (Å²) in [5, 5.41) is 2.94. The van der Waals surface area contributed by atoms with Crippen molar-refractivity contribution >= 4 is 15.9 Å². The third-order valence-electron chi connectivity index (χ3n) is 6.13. The molecule has 32 heavy (non-hydrogen) atoms. The Morgan fingerprint density at radius 1 is 1.09 bits per heavy atom. The Labute approximate surface area is 191 Å². The molecule has 1 heterocycles. The van der Waals surface area contributed by atoms with Crippen LogP contribution in [-0.4, -0.2) is 63.9 Å². The number of aryl methyl sites for hydroxylation is 2. The van der Waals surface area contributed by atoms with Crippen molar-refractivity contribution in [2.75, 3.05) is 40.3 Å². The summed E-state index contributed by atoms with van der Waals surface area (Å²) in [5.41, 5.74) is 3.02. The molecule has 1 saturated heterocycles. The maximum absolute atomic E-state index is 12.9. The van der Waals surface area contributed by atoms with E-state index in [0.717, 1.165) is 52.7 Å². The Hall–Kier alpha value is -2.42. The molecule has 1 N–H and O–H groups in total. The van der Waals surface area contributed by atoms with E-state index in [1.54, 1.807) is 25.3 Å². The van der Waals surface area contributed by atoms with Gasteiger partial charge in [-0.2, -0.15) is 4.31 Å². The van der Waals surface area contributed by atoms with Gasteiger partial charge >= 0.3 is 0 Å². The number of methoxy groups -OCH3 is 1. The first-order valence-corrected chi connectivity index (χ1v) is 12.3. The topological polar surface area (TPSA) is 79.0 Å². The molecule has 2 aromatic carbocycles. The molecule has 1 unspecified atom stereocenters. The molecular weight excluding hydrogens is 426 g/mol. The van der Waals surface area contributed by atoms with E-state index < -0.39 is 10.0 Å². The number of ether oxygens (including phenoxy) is 1. The smallest absolute Gasteiger partial charge is 0.243 e. The highest BCUT2D eigenvalue weighted by Crippen LogP contribution is 2.26. The van der Waals surface area contributed by atoms with Gasteiger partial charge < -0.3 is 10.1 Å². The van der Waals surface area contributed by atoms with Crippen molar-refractivity contribution in [3.05, 3.63) is 59.2 Å². The zero-order valence-corrected chi connectivity index (χ0v) is 20.1. The molecule has 0 spiro atoms. The summed E-state index contributed by atoms with van der Waals surface area (Å²) >= 11 is 0. The van der Waals surface area contributed by atoms with E-state index in [2.05, 4.69) is 10.2 Å². The van der Waals surface area contributed by atoms with E-state index in [1.165, 1.54) is 7.05 Å². The fourth-order valence-electron chi connectivity index (χ4n) is 3.95. The number of carbonyl (C=O) groups excluding carboxylic acids is 1. The molecule has 1 amide bonds. The quantitative estimate of drug-likeness (QED) is 0.624. The minimum Gasteiger partial charge on any atom is -0.497 e. The number of likely N-dealkylation sites (N-methyl/N-ethyl adjacent to an activating group) is 1. The minimum atomic E-state index is -3.74. The molecule has 0 bridgehead atoms. The van der Waals surface area contributed by atoms with Gasteiger partial charge in [0.05, 0.1) is 24.6 Å². The number of rotatable bonds is 9. The fourth-order valence-corrected chi connectivity index (χ4v) is 5.16. The van der Waals surface area contributed by atoms with Gasteiger partial charge in [0.15, 0.2) is 0 Å². The molecule has 1 aliphatic heterocycles. The zero-order valence-electron chi connectivity index (χ0n) is 19.3. The van der Waals surface area contributed by atoms with Crippen LogP contribution < -0.4 is 10.1 Å². The first-order valence-electron chi connectivity index (χ1n) is 10.9. The van der Waals surface area contributed by atoms with Crippen molar-refractivity contribution in [3.63, 3.8) is 0 Å². The van der Waals surface area contributed by atoms with Crippen LogP contribution in [0.1, 0.15) is 35.6 Å². The van der Waals surface area contributed by atoms with Gasteiger partial charge in [-0.15, -0.1) is 0 Å². The second kappa shape index (κ2) is 10.5. The lowest BCUT2D eigenvalue weighted by molar-refractivity contribution is -0.121. The van der Waals surface area contributed by atoms with Crippen LogP contribution >= 0.6 is 0 Å². The molecule has 3 rings (SSSR count). The van der Waals surface area contributed by atoms with E-state index in [4.69, 9.17) is 4.74 Å². The molecule has 1 aliphatic rings. The number of benzene rings is 2. The average Bonchev–Trinajstić information content (AvgIpc) is 3.30. The van der Waals surface area contributed by atoms with Crippen molar-refractivity contribution in [2.45, 2.75) is 37.6 Å². The number of nitrogens with one attached hydrogen (secondary N) is 1. The monoisotopic (exact) mass is 459 g/mol. The third kappa shape index (κ3) is 5.68. The largest absolute Gasteiger partial charge is 0.497 e. The van der Waals surface area contributed by atoms with E-state index in [0.29, 0.717) is 6.54 Å². The number of carbonyl (C=O) groups is 1. The van der Waals surface area contributed by atoms with Crippen LogP contribution in [0.25, 0.3) is 0 Å². The Balaban J connectivity index is 1.65. The van der Waals surface area contributed by atoms with Crippen molar-refractivity contribution in [2.24, 2.45) is 0 Å². The van der Waals surface area contributed by atoms with Crippen molar-refractivity contribution in [1.82, 2.24) is 14.5 Å². The normalized spacial score (nSPS) is 15.7. The van der Waals surface area contributed by atoms with E-state index in [1.807, 2.05) is 38.1 Å². The number of hydrogen-bond acceptors (Lipinski definition) is 5. The number of nitrogens with zero attached hydrogens (tertiary/aromatic N) is 2. The molecule has 0 radical (unpaired) electrons. The molecule has 0 saturated carbocycles. The second-order valence-electron chi connectivity index (χ2n) is 8.34. The van der Waals surface area contributed by atoms with Gasteiger partial charge in [-0.1, -0.05) is 18.2 Å². The first kappa shape index (κ1) is 24.2. The standard InChI is InChI=1S/C24H33N3O4S/c1-18-7-12-22(15-19(18)2)32(29,30)26(3)17-24(28)25-16-23(27-13-5-6-14-27)20-8-10-21(31-4)11-9-20/h7-12,15,23H,5-6,13-14,16-17H2,1-4H3,(H,25,28). The molecule has 174 valence electrons. The van der Waals surface area contributed by atoms with Gasteiger partial charge in [-0.3, -0.25) is 9.69 Å². The van der Waals surface area contributed by atoms with Crippen LogP contribution in [0.5, 0.6) is 5.75 Å². The molecule has 2 aromatic rings. The molecule has 0 aliphatic carbocycles.